The maximum Gasteiger partial charge on any atom is 0.0205 e. The van der Waals surface area contributed by atoms with Gasteiger partial charge in [-0.25, -0.2) is 0 Å². The molecule has 0 nitrogen and oxygen atoms in total. The molecule has 104 valence electrons. The lowest BCUT2D eigenvalue weighted by atomic mass is 9.65. The topological polar surface area (TPSA) is 0 Å². The molecule has 1 heteroatoms. The van der Waals surface area contributed by atoms with Gasteiger partial charge in [0, 0.05) is 4.83 Å². The molecule has 0 spiro atoms. The molecule has 19 heavy (non-hydrogen) atoms. The Labute approximate surface area is 126 Å². The van der Waals surface area contributed by atoms with E-state index in [1.165, 1.54) is 36.0 Å². The fraction of sp³-hybridized carbons (Fsp3) is 0.556. The zero-order valence-electron chi connectivity index (χ0n) is 12.4. The highest BCUT2D eigenvalue weighted by molar-refractivity contribution is 9.09. The Kier molecular flexibility index (Phi) is 4.55. The second-order valence-electron chi connectivity index (χ2n) is 6.56. The summed E-state index contributed by atoms with van der Waals surface area (Å²) in [7, 11) is 0. The highest BCUT2D eigenvalue weighted by Crippen LogP contribution is 2.48. The molecule has 0 saturated heterocycles. The molecule has 1 aliphatic carbocycles. The summed E-state index contributed by atoms with van der Waals surface area (Å²) >= 11 is 3.87. The monoisotopic (exact) mass is 320 g/mol. The molecule has 0 aliphatic heterocycles. The van der Waals surface area contributed by atoms with E-state index >= 15 is 0 Å². The van der Waals surface area contributed by atoms with Crippen LogP contribution in [0, 0.1) is 18.3 Å². The highest BCUT2D eigenvalue weighted by Gasteiger charge is 2.40. The number of rotatable bonds is 3. The van der Waals surface area contributed by atoms with Gasteiger partial charge >= 0.3 is 0 Å². The van der Waals surface area contributed by atoms with Crippen molar-refractivity contribution in [1.82, 2.24) is 0 Å². The lowest BCUT2D eigenvalue weighted by Crippen LogP contribution is -2.38. The van der Waals surface area contributed by atoms with Gasteiger partial charge in [-0.15, -0.1) is 0 Å². The minimum atomic E-state index is 0.319. The van der Waals surface area contributed by atoms with Crippen LogP contribution in [0.4, 0.5) is 0 Å². The third-order valence-electron chi connectivity index (χ3n) is 4.76. The SMILES string of the molecule is C=C1CC[C@H](Br)C(C)(C)[C@@H]1CCc1ccc(C)cc1. The molecule has 1 fully saturated rings. The Morgan fingerprint density at radius 2 is 1.89 bits per heavy atom. The van der Waals surface area contributed by atoms with Crippen LogP contribution in [0.25, 0.3) is 0 Å². The van der Waals surface area contributed by atoms with E-state index in [1.54, 1.807) is 0 Å². The number of benzene rings is 1. The maximum atomic E-state index is 4.33. The van der Waals surface area contributed by atoms with Crippen LogP contribution in [0.5, 0.6) is 0 Å². The summed E-state index contributed by atoms with van der Waals surface area (Å²) in [6, 6.07) is 8.95. The number of alkyl halides is 1. The molecular weight excluding hydrogens is 296 g/mol. The van der Waals surface area contributed by atoms with Gasteiger partial charge < -0.3 is 0 Å². The molecule has 0 aromatic heterocycles. The van der Waals surface area contributed by atoms with Crippen molar-refractivity contribution >= 4 is 15.9 Å². The second-order valence-corrected chi connectivity index (χ2v) is 7.67. The van der Waals surface area contributed by atoms with Gasteiger partial charge in [-0.3, -0.25) is 0 Å². The van der Waals surface area contributed by atoms with Crippen molar-refractivity contribution in [2.24, 2.45) is 11.3 Å². The van der Waals surface area contributed by atoms with E-state index in [2.05, 4.69) is 67.5 Å². The minimum absolute atomic E-state index is 0.319. The second kappa shape index (κ2) is 5.83. The van der Waals surface area contributed by atoms with Crippen molar-refractivity contribution in [2.75, 3.05) is 0 Å². The zero-order valence-corrected chi connectivity index (χ0v) is 14.0. The van der Waals surface area contributed by atoms with E-state index < -0.39 is 0 Å². The fourth-order valence-electron chi connectivity index (χ4n) is 3.24. The molecule has 2 rings (SSSR count). The summed E-state index contributed by atoms with van der Waals surface area (Å²) < 4.78 is 0. The van der Waals surface area contributed by atoms with Crippen molar-refractivity contribution in [1.29, 1.82) is 0 Å². The highest BCUT2D eigenvalue weighted by atomic mass is 79.9. The number of hydrogen-bond acceptors (Lipinski definition) is 0. The molecule has 1 aromatic rings. The summed E-state index contributed by atoms with van der Waals surface area (Å²) in [6.45, 7) is 11.2. The van der Waals surface area contributed by atoms with Gasteiger partial charge in [-0.1, -0.05) is 71.8 Å². The van der Waals surface area contributed by atoms with Crippen LogP contribution in [0.15, 0.2) is 36.4 Å². The van der Waals surface area contributed by atoms with Gasteiger partial charge in [0.05, 0.1) is 0 Å². The lowest BCUT2D eigenvalue weighted by molar-refractivity contribution is 0.193. The molecule has 1 aliphatic rings. The predicted molar refractivity (Wildman–Crippen MR) is 87.9 cm³/mol. The molecule has 1 saturated carbocycles. The Morgan fingerprint density at radius 1 is 1.26 bits per heavy atom. The molecule has 0 unspecified atom stereocenters. The Hall–Kier alpha value is -0.560. The fourth-order valence-corrected chi connectivity index (χ4v) is 3.79. The molecule has 2 atom stereocenters. The third-order valence-corrected chi connectivity index (χ3v) is 6.40. The van der Waals surface area contributed by atoms with E-state index in [4.69, 9.17) is 0 Å². The van der Waals surface area contributed by atoms with Crippen LogP contribution in [0.2, 0.25) is 0 Å². The van der Waals surface area contributed by atoms with Crippen LogP contribution in [-0.4, -0.2) is 4.83 Å². The molecule has 0 bridgehead atoms. The Bertz CT molecular complexity index is 441. The van der Waals surface area contributed by atoms with Gasteiger partial charge in [-0.05, 0) is 49.5 Å². The van der Waals surface area contributed by atoms with E-state index in [1.807, 2.05) is 0 Å². The van der Waals surface area contributed by atoms with Crippen molar-refractivity contribution in [3.8, 4) is 0 Å². The third kappa shape index (κ3) is 3.31. The molecular formula is C18H25Br. The maximum absolute atomic E-state index is 4.33. The van der Waals surface area contributed by atoms with Crippen LogP contribution >= 0.6 is 15.9 Å². The summed E-state index contributed by atoms with van der Waals surface area (Å²) in [5.74, 6) is 0.631. The smallest absolute Gasteiger partial charge is 0.0205 e. The van der Waals surface area contributed by atoms with E-state index in [0.717, 1.165) is 6.42 Å². The molecule has 0 N–H and O–H groups in total. The quantitative estimate of drug-likeness (QED) is 0.496. The Morgan fingerprint density at radius 3 is 2.53 bits per heavy atom. The van der Waals surface area contributed by atoms with Crippen molar-refractivity contribution < 1.29 is 0 Å². The van der Waals surface area contributed by atoms with Gasteiger partial charge in [0.1, 0.15) is 0 Å². The molecule has 0 radical (unpaired) electrons. The average Bonchev–Trinajstić information content (AvgIpc) is 2.36. The Balaban J connectivity index is 2.04. The van der Waals surface area contributed by atoms with Gasteiger partial charge in [0.2, 0.25) is 0 Å². The minimum Gasteiger partial charge on any atom is -0.0996 e. The van der Waals surface area contributed by atoms with Crippen molar-refractivity contribution in [2.45, 2.75) is 51.3 Å². The summed E-state index contributed by atoms with van der Waals surface area (Å²) in [5.41, 5.74) is 4.56. The number of allylic oxidation sites excluding steroid dienone is 1. The number of aryl methyl sites for hydroxylation is 2. The normalized spacial score (nSPS) is 26.4. The first-order chi connectivity index (χ1) is 8.91. The average molecular weight is 321 g/mol. The summed E-state index contributed by atoms with van der Waals surface area (Å²) in [4.78, 5) is 0.619. The molecule has 1 aromatic carbocycles. The largest absolute Gasteiger partial charge is 0.0996 e. The first-order valence-electron chi connectivity index (χ1n) is 7.28. The van der Waals surface area contributed by atoms with Crippen LogP contribution in [0.3, 0.4) is 0 Å². The van der Waals surface area contributed by atoms with Gasteiger partial charge in [-0.2, -0.15) is 0 Å². The van der Waals surface area contributed by atoms with Crippen molar-refractivity contribution in [3.05, 3.63) is 47.5 Å². The van der Waals surface area contributed by atoms with Crippen LogP contribution < -0.4 is 0 Å². The molecule has 0 amide bonds. The van der Waals surface area contributed by atoms with E-state index in [9.17, 15) is 0 Å². The van der Waals surface area contributed by atoms with Crippen LogP contribution in [-0.2, 0) is 6.42 Å². The van der Waals surface area contributed by atoms with E-state index in [0.29, 0.717) is 16.2 Å². The number of hydrogen-bond donors (Lipinski definition) is 0. The standard InChI is InChI=1S/C18H25Br/c1-13-5-8-15(9-6-13)10-11-16-14(2)7-12-17(19)18(16,3)4/h5-6,8-9,16-17H,2,7,10-12H2,1,3-4H3/t16-,17+/m1/s1. The lowest BCUT2D eigenvalue weighted by Gasteiger charge is -2.44. The summed E-state index contributed by atoms with van der Waals surface area (Å²) in [6.07, 6.45) is 4.79. The van der Waals surface area contributed by atoms with Crippen molar-refractivity contribution in [3.63, 3.8) is 0 Å². The first kappa shape index (κ1) is 14.8. The first-order valence-corrected chi connectivity index (χ1v) is 8.20. The zero-order chi connectivity index (χ0) is 14.0. The predicted octanol–water partition coefficient (Wildman–Crippen LogP) is 5.68. The number of halogens is 1. The van der Waals surface area contributed by atoms with Crippen LogP contribution in [0.1, 0.15) is 44.2 Å². The van der Waals surface area contributed by atoms with Gasteiger partial charge in [0.25, 0.3) is 0 Å². The molecule has 0 heterocycles. The van der Waals surface area contributed by atoms with Gasteiger partial charge in [0.15, 0.2) is 0 Å². The summed E-state index contributed by atoms with van der Waals surface area (Å²) in [5, 5.41) is 0. The van der Waals surface area contributed by atoms with E-state index in [-0.39, 0.29) is 0 Å².